The Labute approximate surface area is 86.5 Å². The molecule has 2 aromatic rings. The Kier molecular flexibility index (Phi) is 2.41. The highest BCUT2D eigenvalue weighted by Crippen LogP contribution is 2.19. The van der Waals surface area contributed by atoms with E-state index in [1.54, 1.807) is 0 Å². The number of aliphatic carboxylic acids is 1. The van der Waals surface area contributed by atoms with Gasteiger partial charge in [-0.15, -0.1) is 0 Å². The molecule has 0 aliphatic rings. The van der Waals surface area contributed by atoms with Crippen molar-refractivity contribution < 1.29 is 14.4 Å². The van der Waals surface area contributed by atoms with Gasteiger partial charge in [0.2, 0.25) is 0 Å². The zero-order valence-corrected chi connectivity index (χ0v) is 8.36. The molecule has 4 nitrogen and oxygen atoms in total. The van der Waals surface area contributed by atoms with Gasteiger partial charge in [-0.3, -0.25) is 4.79 Å². The van der Waals surface area contributed by atoms with E-state index in [0.717, 1.165) is 22.2 Å². The van der Waals surface area contributed by atoms with Crippen LogP contribution in [0.2, 0.25) is 0 Å². The van der Waals surface area contributed by atoms with Crippen molar-refractivity contribution in [1.82, 2.24) is 5.16 Å². The average Bonchev–Trinajstić information content (AvgIpc) is 2.57. The van der Waals surface area contributed by atoms with E-state index in [0.29, 0.717) is 6.42 Å². The summed E-state index contributed by atoms with van der Waals surface area (Å²) in [5.74, 6) is -0.0145. The molecule has 2 rings (SSSR count). The van der Waals surface area contributed by atoms with Gasteiger partial charge < -0.3 is 9.63 Å². The van der Waals surface area contributed by atoms with Crippen LogP contribution in [0.15, 0.2) is 22.7 Å². The Morgan fingerprint density at radius 1 is 1.53 bits per heavy atom. The third-order valence-corrected chi connectivity index (χ3v) is 2.35. The van der Waals surface area contributed by atoms with Gasteiger partial charge in [0, 0.05) is 11.8 Å². The van der Waals surface area contributed by atoms with E-state index in [-0.39, 0.29) is 6.42 Å². The van der Waals surface area contributed by atoms with Crippen molar-refractivity contribution in [2.75, 3.05) is 0 Å². The van der Waals surface area contributed by atoms with E-state index in [2.05, 4.69) is 5.16 Å². The van der Waals surface area contributed by atoms with Gasteiger partial charge in [0.25, 0.3) is 0 Å². The van der Waals surface area contributed by atoms with Crippen LogP contribution >= 0.6 is 0 Å². The van der Waals surface area contributed by atoms with Crippen LogP contribution in [0.5, 0.6) is 0 Å². The molecule has 0 unspecified atom stereocenters. The second-order valence-electron chi connectivity index (χ2n) is 3.48. The summed E-state index contributed by atoms with van der Waals surface area (Å²) >= 11 is 0. The van der Waals surface area contributed by atoms with Crippen molar-refractivity contribution in [2.24, 2.45) is 0 Å². The first-order valence-electron chi connectivity index (χ1n) is 4.73. The van der Waals surface area contributed by atoms with Gasteiger partial charge in [0.15, 0.2) is 0 Å². The van der Waals surface area contributed by atoms with Crippen LogP contribution in [0.3, 0.4) is 0 Å². The highest BCUT2D eigenvalue weighted by molar-refractivity contribution is 5.81. The van der Waals surface area contributed by atoms with E-state index < -0.39 is 5.97 Å². The highest BCUT2D eigenvalue weighted by Gasteiger charge is 2.05. The van der Waals surface area contributed by atoms with E-state index in [1.807, 2.05) is 25.1 Å². The van der Waals surface area contributed by atoms with Crippen LogP contribution < -0.4 is 0 Å². The summed E-state index contributed by atoms with van der Waals surface area (Å²) in [5, 5.41) is 13.4. The second kappa shape index (κ2) is 3.73. The fraction of sp³-hybridized carbons (Fsp3) is 0.273. The fourth-order valence-electron chi connectivity index (χ4n) is 1.52. The predicted octanol–water partition coefficient (Wildman–Crippen LogP) is 2.15. The number of aryl methyl sites for hydroxylation is 2. The normalized spacial score (nSPS) is 10.7. The molecule has 0 spiro atoms. The van der Waals surface area contributed by atoms with Gasteiger partial charge in [0.05, 0.1) is 0 Å². The Morgan fingerprint density at radius 2 is 2.33 bits per heavy atom. The number of carboxylic acids is 1. The summed E-state index contributed by atoms with van der Waals surface area (Å²) in [6.45, 7) is 1.84. The smallest absolute Gasteiger partial charge is 0.303 e. The molecule has 0 radical (unpaired) electrons. The molecular formula is C11H11NO3. The minimum absolute atomic E-state index is 0.149. The molecule has 1 aromatic heterocycles. The lowest BCUT2D eigenvalue weighted by Crippen LogP contribution is -1.97. The first kappa shape index (κ1) is 9.71. The standard InChI is InChI=1S/C11H11NO3/c1-7-9-6-8(3-5-11(13)14)2-4-10(9)12-15-7/h2,4,6H,3,5H2,1H3,(H,13,14). The number of aromatic nitrogens is 1. The third-order valence-electron chi connectivity index (χ3n) is 2.35. The monoisotopic (exact) mass is 205 g/mol. The molecule has 1 aromatic carbocycles. The zero-order valence-electron chi connectivity index (χ0n) is 8.36. The SMILES string of the molecule is Cc1onc2ccc(CCC(=O)O)cc12. The molecule has 78 valence electrons. The maximum atomic E-state index is 10.4. The number of rotatable bonds is 3. The van der Waals surface area contributed by atoms with Crippen molar-refractivity contribution in [3.8, 4) is 0 Å². The Balaban J connectivity index is 2.29. The fourth-order valence-corrected chi connectivity index (χ4v) is 1.52. The molecule has 0 atom stereocenters. The van der Waals surface area contributed by atoms with Crippen LogP contribution in [0.4, 0.5) is 0 Å². The minimum Gasteiger partial charge on any atom is -0.481 e. The van der Waals surface area contributed by atoms with Gasteiger partial charge in [-0.25, -0.2) is 0 Å². The lowest BCUT2D eigenvalue weighted by molar-refractivity contribution is -0.136. The number of hydrogen-bond acceptors (Lipinski definition) is 3. The average molecular weight is 205 g/mol. The Hall–Kier alpha value is -1.84. The molecule has 15 heavy (non-hydrogen) atoms. The quantitative estimate of drug-likeness (QED) is 0.833. The van der Waals surface area contributed by atoms with Crippen molar-refractivity contribution in [3.63, 3.8) is 0 Å². The van der Waals surface area contributed by atoms with Crippen LogP contribution in [0.1, 0.15) is 17.7 Å². The first-order chi connectivity index (χ1) is 7.16. The molecule has 0 aliphatic carbocycles. The minimum atomic E-state index is -0.780. The molecule has 4 heteroatoms. The second-order valence-corrected chi connectivity index (χ2v) is 3.48. The van der Waals surface area contributed by atoms with Crippen molar-refractivity contribution in [2.45, 2.75) is 19.8 Å². The maximum absolute atomic E-state index is 10.4. The van der Waals surface area contributed by atoms with Gasteiger partial charge in [-0.05, 0) is 31.0 Å². The molecule has 0 saturated heterocycles. The van der Waals surface area contributed by atoms with Crippen molar-refractivity contribution >= 4 is 16.9 Å². The van der Waals surface area contributed by atoms with Gasteiger partial charge in [-0.2, -0.15) is 0 Å². The molecule has 1 N–H and O–H groups in total. The lowest BCUT2D eigenvalue weighted by atomic mass is 10.1. The summed E-state index contributed by atoms with van der Waals surface area (Å²) in [5.41, 5.74) is 1.81. The summed E-state index contributed by atoms with van der Waals surface area (Å²) in [4.78, 5) is 10.4. The number of nitrogens with zero attached hydrogens (tertiary/aromatic N) is 1. The van der Waals surface area contributed by atoms with Crippen LogP contribution in [-0.4, -0.2) is 16.2 Å². The van der Waals surface area contributed by atoms with Crippen LogP contribution in [0.25, 0.3) is 10.9 Å². The zero-order chi connectivity index (χ0) is 10.8. The topological polar surface area (TPSA) is 63.3 Å². The Morgan fingerprint density at radius 3 is 3.07 bits per heavy atom. The number of carboxylic acid groups (broad SMARTS) is 1. The number of carbonyl (C=O) groups is 1. The molecule has 0 amide bonds. The van der Waals surface area contributed by atoms with E-state index in [4.69, 9.17) is 9.63 Å². The van der Waals surface area contributed by atoms with E-state index in [9.17, 15) is 4.79 Å². The third kappa shape index (κ3) is 1.98. The van der Waals surface area contributed by atoms with E-state index in [1.165, 1.54) is 0 Å². The highest BCUT2D eigenvalue weighted by atomic mass is 16.5. The molecule has 0 aliphatic heterocycles. The van der Waals surface area contributed by atoms with Crippen molar-refractivity contribution in [3.05, 3.63) is 29.5 Å². The predicted molar refractivity (Wildman–Crippen MR) is 54.7 cm³/mol. The summed E-state index contributed by atoms with van der Waals surface area (Å²) in [7, 11) is 0. The summed E-state index contributed by atoms with van der Waals surface area (Å²) in [6.07, 6.45) is 0.686. The number of fused-ring (bicyclic) bond motifs is 1. The number of hydrogen-bond donors (Lipinski definition) is 1. The van der Waals surface area contributed by atoms with E-state index >= 15 is 0 Å². The molecule has 0 bridgehead atoms. The maximum Gasteiger partial charge on any atom is 0.303 e. The van der Waals surface area contributed by atoms with Crippen molar-refractivity contribution in [1.29, 1.82) is 0 Å². The van der Waals surface area contributed by atoms with Crippen LogP contribution in [0, 0.1) is 6.92 Å². The number of benzene rings is 1. The largest absolute Gasteiger partial charge is 0.481 e. The molecule has 1 heterocycles. The molecular weight excluding hydrogens is 194 g/mol. The van der Waals surface area contributed by atoms with Gasteiger partial charge >= 0.3 is 5.97 Å². The molecule has 0 fully saturated rings. The first-order valence-corrected chi connectivity index (χ1v) is 4.73. The Bertz CT molecular complexity index is 502. The van der Waals surface area contributed by atoms with Gasteiger partial charge in [0.1, 0.15) is 11.3 Å². The van der Waals surface area contributed by atoms with Crippen LogP contribution in [-0.2, 0) is 11.2 Å². The molecule has 0 saturated carbocycles. The van der Waals surface area contributed by atoms with Gasteiger partial charge in [-0.1, -0.05) is 11.2 Å². The summed E-state index contributed by atoms with van der Waals surface area (Å²) < 4.78 is 5.03. The summed E-state index contributed by atoms with van der Waals surface area (Å²) in [6, 6.07) is 5.67. The lowest BCUT2D eigenvalue weighted by Gasteiger charge is -1.97.